The molecule has 0 bridgehead atoms. The highest BCUT2D eigenvalue weighted by atomic mass is 16.5. The van der Waals surface area contributed by atoms with Gasteiger partial charge in [-0.3, -0.25) is 0 Å². The van der Waals surface area contributed by atoms with Crippen molar-refractivity contribution in [3.05, 3.63) is 18.0 Å². The smallest absolute Gasteiger partial charge is 0.341 e. The Morgan fingerprint density at radius 2 is 2.12 bits per heavy atom. The predicted octanol–water partition coefficient (Wildman–Crippen LogP) is 0.0818. The molecule has 88 valence electrons. The lowest BCUT2D eigenvalue weighted by molar-refractivity contribution is 0.0525. The Labute approximate surface area is 93.9 Å². The van der Waals surface area contributed by atoms with Crippen molar-refractivity contribution in [2.75, 3.05) is 31.7 Å². The first kappa shape index (κ1) is 12.4. The van der Waals surface area contributed by atoms with Crippen LogP contribution in [0, 0.1) is 0 Å². The average molecular weight is 225 g/mol. The molecule has 0 saturated carbocycles. The summed E-state index contributed by atoms with van der Waals surface area (Å²) in [7, 11) is 1.76. The van der Waals surface area contributed by atoms with Crippen molar-refractivity contribution in [1.29, 1.82) is 0 Å². The predicted molar refractivity (Wildman–Crippen MR) is 58.3 cm³/mol. The minimum Gasteiger partial charge on any atom is -0.462 e. The van der Waals surface area contributed by atoms with Gasteiger partial charge in [0.1, 0.15) is 0 Å². The van der Waals surface area contributed by atoms with Gasteiger partial charge in [0.05, 0.1) is 18.8 Å². The van der Waals surface area contributed by atoms with Gasteiger partial charge in [-0.25, -0.2) is 14.8 Å². The molecule has 1 aromatic heterocycles. The molecular formula is C10H15N3O3. The first-order valence-electron chi connectivity index (χ1n) is 5.00. The molecule has 0 saturated heterocycles. The third-order valence-corrected chi connectivity index (χ3v) is 1.93. The highest BCUT2D eigenvalue weighted by Crippen LogP contribution is 2.05. The molecule has 0 aromatic carbocycles. The number of carbonyl (C=O) groups is 1. The zero-order chi connectivity index (χ0) is 12.0. The number of esters is 1. The van der Waals surface area contributed by atoms with E-state index in [0.29, 0.717) is 24.7 Å². The van der Waals surface area contributed by atoms with E-state index in [4.69, 9.17) is 9.84 Å². The highest BCUT2D eigenvalue weighted by Gasteiger charge is 2.09. The number of hydrogen-bond donors (Lipinski definition) is 1. The second-order valence-corrected chi connectivity index (χ2v) is 3.14. The fraction of sp³-hybridized carbons (Fsp3) is 0.500. The normalized spacial score (nSPS) is 9.94. The molecule has 1 heterocycles. The number of aromatic nitrogens is 2. The van der Waals surface area contributed by atoms with Crippen molar-refractivity contribution in [2.24, 2.45) is 0 Å². The largest absolute Gasteiger partial charge is 0.462 e. The molecule has 0 aliphatic rings. The van der Waals surface area contributed by atoms with Gasteiger partial charge in [0, 0.05) is 26.0 Å². The van der Waals surface area contributed by atoms with Crippen molar-refractivity contribution in [1.82, 2.24) is 9.97 Å². The quantitative estimate of drug-likeness (QED) is 0.715. The molecule has 16 heavy (non-hydrogen) atoms. The fourth-order valence-electron chi connectivity index (χ4n) is 1.09. The van der Waals surface area contributed by atoms with E-state index in [0.717, 1.165) is 0 Å². The van der Waals surface area contributed by atoms with Crippen LogP contribution in [0.1, 0.15) is 17.3 Å². The Kier molecular flexibility index (Phi) is 4.65. The van der Waals surface area contributed by atoms with Crippen LogP contribution in [0.5, 0.6) is 0 Å². The first-order valence-corrected chi connectivity index (χ1v) is 5.00. The summed E-state index contributed by atoms with van der Waals surface area (Å²) < 4.78 is 4.80. The summed E-state index contributed by atoms with van der Waals surface area (Å²) in [6.45, 7) is 2.53. The van der Waals surface area contributed by atoms with Crippen LogP contribution in [0.3, 0.4) is 0 Å². The van der Waals surface area contributed by atoms with Crippen LogP contribution in [0.2, 0.25) is 0 Å². The zero-order valence-electron chi connectivity index (χ0n) is 9.38. The van der Waals surface area contributed by atoms with E-state index in [1.807, 2.05) is 0 Å². The van der Waals surface area contributed by atoms with Crippen molar-refractivity contribution in [3.63, 3.8) is 0 Å². The van der Waals surface area contributed by atoms with Crippen LogP contribution in [-0.4, -0.2) is 47.8 Å². The van der Waals surface area contributed by atoms with E-state index in [2.05, 4.69) is 9.97 Å². The maximum absolute atomic E-state index is 11.3. The van der Waals surface area contributed by atoms with Crippen LogP contribution in [0.4, 0.5) is 5.95 Å². The molecule has 6 nitrogen and oxygen atoms in total. The monoisotopic (exact) mass is 225 g/mol. The maximum Gasteiger partial charge on any atom is 0.341 e. The lowest BCUT2D eigenvalue weighted by Crippen LogP contribution is -2.23. The summed E-state index contributed by atoms with van der Waals surface area (Å²) in [5.41, 5.74) is 0.322. The number of anilines is 1. The van der Waals surface area contributed by atoms with Gasteiger partial charge in [-0.1, -0.05) is 0 Å². The second kappa shape index (κ2) is 6.02. The summed E-state index contributed by atoms with van der Waals surface area (Å²) in [6.07, 6.45) is 2.82. The molecular weight excluding hydrogens is 210 g/mol. The van der Waals surface area contributed by atoms with E-state index in [-0.39, 0.29) is 6.61 Å². The van der Waals surface area contributed by atoms with Gasteiger partial charge in [0.2, 0.25) is 5.95 Å². The number of carbonyl (C=O) groups excluding carboxylic acids is 1. The van der Waals surface area contributed by atoms with E-state index < -0.39 is 5.97 Å². The van der Waals surface area contributed by atoms with Crippen LogP contribution >= 0.6 is 0 Å². The van der Waals surface area contributed by atoms with Crippen molar-refractivity contribution < 1.29 is 14.6 Å². The van der Waals surface area contributed by atoms with Crippen molar-refractivity contribution >= 4 is 11.9 Å². The molecule has 1 N–H and O–H groups in total. The number of ether oxygens (including phenoxy) is 1. The van der Waals surface area contributed by atoms with E-state index in [1.165, 1.54) is 12.4 Å². The van der Waals surface area contributed by atoms with E-state index in [9.17, 15) is 4.79 Å². The van der Waals surface area contributed by atoms with Crippen molar-refractivity contribution in [3.8, 4) is 0 Å². The number of likely N-dealkylation sites (N-methyl/N-ethyl adjacent to an activating group) is 1. The number of nitrogens with zero attached hydrogens (tertiary/aromatic N) is 3. The maximum atomic E-state index is 11.3. The van der Waals surface area contributed by atoms with Gasteiger partial charge < -0.3 is 14.7 Å². The topological polar surface area (TPSA) is 75.5 Å². The minimum absolute atomic E-state index is 0.0273. The van der Waals surface area contributed by atoms with Gasteiger partial charge in [-0.05, 0) is 6.92 Å². The Hall–Kier alpha value is -1.69. The number of rotatable bonds is 5. The summed E-state index contributed by atoms with van der Waals surface area (Å²) in [5.74, 6) is 0.0287. The molecule has 0 fully saturated rings. The Bertz CT molecular complexity index is 340. The number of hydrogen-bond acceptors (Lipinski definition) is 6. The lowest BCUT2D eigenvalue weighted by atomic mass is 10.3. The highest BCUT2D eigenvalue weighted by molar-refractivity contribution is 5.88. The summed E-state index contributed by atoms with van der Waals surface area (Å²) in [5, 5.41) is 8.74. The molecule has 0 aliphatic heterocycles. The van der Waals surface area contributed by atoms with Gasteiger partial charge in [-0.2, -0.15) is 0 Å². The molecule has 0 atom stereocenters. The van der Waals surface area contributed by atoms with Crippen LogP contribution in [0.15, 0.2) is 12.4 Å². The van der Waals surface area contributed by atoms with Crippen LogP contribution in [0.25, 0.3) is 0 Å². The molecule has 6 heteroatoms. The third-order valence-electron chi connectivity index (χ3n) is 1.93. The average Bonchev–Trinajstić information content (AvgIpc) is 2.30. The number of aliphatic hydroxyl groups is 1. The standard InChI is InChI=1S/C10H15N3O3/c1-3-16-9(15)8-6-11-10(12-7-8)13(2)4-5-14/h6-7,14H,3-5H2,1-2H3. The third kappa shape index (κ3) is 3.16. The molecule has 0 spiro atoms. The Balaban J connectivity index is 2.71. The molecule has 0 unspecified atom stereocenters. The zero-order valence-corrected chi connectivity index (χ0v) is 9.38. The molecule has 1 aromatic rings. The summed E-state index contributed by atoms with van der Waals surface area (Å²) in [4.78, 5) is 21.0. The molecule has 0 aliphatic carbocycles. The summed E-state index contributed by atoms with van der Waals surface area (Å²) >= 11 is 0. The van der Waals surface area contributed by atoms with Gasteiger partial charge >= 0.3 is 5.97 Å². The van der Waals surface area contributed by atoms with Crippen molar-refractivity contribution in [2.45, 2.75) is 6.92 Å². The van der Waals surface area contributed by atoms with Crippen LogP contribution < -0.4 is 4.90 Å². The number of aliphatic hydroxyl groups excluding tert-OH is 1. The second-order valence-electron chi connectivity index (χ2n) is 3.14. The fourth-order valence-corrected chi connectivity index (χ4v) is 1.09. The summed E-state index contributed by atoms with van der Waals surface area (Å²) in [6, 6.07) is 0. The van der Waals surface area contributed by atoms with E-state index >= 15 is 0 Å². The first-order chi connectivity index (χ1) is 7.69. The molecule has 1 rings (SSSR count). The lowest BCUT2D eigenvalue weighted by Gasteiger charge is -2.14. The van der Waals surface area contributed by atoms with Gasteiger partial charge in [0.15, 0.2) is 0 Å². The van der Waals surface area contributed by atoms with Gasteiger partial charge in [0.25, 0.3) is 0 Å². The SMILES string of the molecule is CCOC(=O)c1cnc(N(C)CCO)nc1. The van der Waals surface area contributed by atoms with E-state index in [1.54, 1.807) is 18.9 Å². The van der Waals surface area contributed by atoms with Gasteiger partial charge in [-0.15, -0.1) is 0 Å². The minimum atomic E-state index is -0.432. The Morgan fingerprint density at radius 3 is 2.62 bits per heavy atom. The van der Waals surface area contributed by atoms with Crippen LogP contribution in [-0.2, 0) is 4.74 Å². The molecule has 0 radical (unpaired) electrons. The molecule has 0 amide bonds. The Morgan fingerprint density at radius 1 is 1.50 bits per heavy atom.